The van der Waals surface area contributed by atoms with Crippen molar-refractivity contribution in [2.45, 2.75) is 26.7 Å². The molecule has 0 aliphatic carbocycles. The molecule has 0 aliphatic heterocycles. The number of ketones is 1. The van der Waals surface area contributed by atoms with Gasteiger partial charge in [0, 0.05) is 22.7 Å². The number of esters is 1. The molecule has 0 fully saturated rings. The fourth-order valence-corrected chi connectivity index (χ4v) is 2.98. The first-order valence-electron chi connectivity index (χ1n) is 9.18. The maximum Gasteiger partial charge on any atom is 0.343 e. The van der Waals surface area contributed by atoms with Gasteiger partial charge in [0.25, 0.3) is 0 Å². The Kier molecular flexibility index (Phi) is 6.32. The van der Waals surface area contributed by atoms with E-state index in [-0.39, 0.29) is 18.1 Å². The first-order chi connectivity index (χ1) is 13.4. The summed E-state index contributed by atoms with van der Waals surface area (Å²) >= 11 is 6.20. The van der Waals surface area contributed by atoms with Crippen molar-refractivity contribution >= 4 is 34.3 Å². The van der Waals surface area contributed by atoms with Crippen LogP contribution in [0.15, 0.2) is 66.6 Å². The summed E-state index contributed by atoms with van der Waals surface area (Å²) in [6.45, 7) is 3.66. The van der Waals surface area contributed by atoms with Crippen LogP contribution in [0, 0.1) is 5.92 Å². The van der Waals surface area contributed by atoms with Gasteiger partial charge >= 0.3 is 5.97 Å². The van der Waals surface area contributed by atoms with Gasteiger partial charge < -0.3 is 9.72 Å². The Bertz CT molecular complexity index is 1030. The molecule has 4 nitrogen and oxygen atoms in total. The molecule has 3 rings (SSSR count). The molecule has 0 bridgehead atoms. The summed E-state index contributed by atoms with van der Waals surface area (Å²) in [6.07, 6.45) is 4.12. The second-order valence-electron chi connectivity index (χ2n) is 6.93. The highest BCUT2D eigenvalue weighted by atomic mass is 35.5. The molecule has 0 saturated heterocycles. The van der Waals surface area contributed by atoms with Crippen LogP contribution in [-0.2, 0) is 16.0 Å². The summed E-state index contributed by atoms with van der Waals surface area (Å²) in [7, 11) is 0. The van der Waals surface area contributed by atoms with Crippen molar-refractivity contribution in [3.05, 3.63) is 82.7 Å². The zero-order valence-corrected chi connectivity index (χ0v) is 16.6. The number of Topliss-reactive ketones (excluding diaryl/α,β-unsaturated/α-hetero) is 1. The number of halogens is 1. The van der Waals surface area contributed by atoms with Gasteiger partial charge in [-0.1, -0.05) is 49.7 Å². The molecule has 1 heterocycles. The number of aromatic amines is 1. The number of ether oxygens (including phenoxy) is 1. The van der Waals surface area contributed by atoms with Gasteiger partial charge in [-0.25, -0.2) is 4.79 Å². The molecule has 144 valence electrons. The molecule has 0 spiro atoms. The van der Waals surface area contributed by atoms with Crippen molar-refractivity contribution in [3.8, 4) is 0 Å². The first kappa shape index (κ1) is 19.9. The van der Waals surface area contributed by atoms with Gasteiger partial charge in [-0.2, -0.15) is 0 Å². The average Bonchev–Trinajstić information content (AvgIpc) is 3.14. The molecular weight excluding hydrogens is 374 g/mol. The van der Waals surface area contributed by atoms with Crippen LogP contribution in [0.1, 0.15) is 36.2 Å². The highest BCUT2D eigenvalue weighted by molar-refractivity contribution is 6.31. The quantitative estimate of drug-likeness (QED) is 0.411. The van der Waals surface area contributed by atoms with E-state index in [0.29, 0.717) is 22.8 Å². The van der Waals surface area contributed by atoms with E-state index in [1.165, 1.54) is 0 Å². The second-order valence-corrected chi connectivity index (χ2v) is 7.34. The Morgan fingerprint density at radius 1 is 1.14 bits per heavy atom. The van der Waals surface area contributed by atoms with Crippen LogP contribution >= 0.6 is 11.6 Å². The van der Waals surface area contributed by atoms with E-state index >= 15 is 0 Å². The van der Waals surface area contributed by atoms with E-state index in [1.54, 1.807) is 24.3 Å². The summed E-state index contributed by atoms with van der Waals surface area (Å²) in [5.41, 5.74) is 2.19. The summed E-state index contributed by atoms with van der Waals surface area (Å²) in [6, 6.07) is 14.7. The molecule has 28 heavy (non-hydrogen) atoms. The number of H-pyrrole nitrogens is 1. The molecule has 1 aromatic heterocycles. The third kappa shape index (κ3) is 4.90. The number of rotatable bonds is 7. The number of benzene rings is 2. The van der Waals surface area contributed by atoms with Crippen LogP contribution in [0.2, 0.25) is 5.02 Å². The summed E-state index contributed by atoms with van der Waals surface area (Å²) in [5, 5.41) is 1.65. The maximum absolute atomic E-state index is 12.6. The van der Waals surface area contributed by atoms with Crippen molar-refractivity contribution in [3.63, 3.8) is 0 Å². The van der Waals surface area contributed by atoms with E-state index in [1.807, 2.05) is 50.4 Å². The maximum atomic E-state index is 12.6. The van der Waals surface area contributed by atoms with Crippen LogP contribution in [0.25, 0.3) is 10.9 Å². The molecular formula is C23H22ClNO3. The largest absolute Gasteiger partial charge is 0.427 e. The fraction of sp³-hybridized carbons (Fsp3) is 0.217. The highest BCUT2D eigenvalue weighted by Gasteiger charge is 2.16. The molecule has 0 atom stereocenters. The number of hydrogen-bond acceptors (Lipinski definition) is 3. The molecule has 2 aromatic carbocycles. The van der Waals surface area contributed by atoms with E-state index in [2.05, 4.69) is 4.98 Å². The second kappa shape index (κ2) is 8.89. The molecule has 0 radical (unpaired) electrons. The normalized spacial score (nSPS) is 11.8. The zero-order valence-electron chi connectivity index (χ0n) is 15.9. The minimum atomic E-state index is -0.488. The first-order valence-corrected chi connectivity index (χ1v) is 9.56. The number of carbonyl (C=O) groups excluding carboxylic acids is 2. The smallest absolute Gasteiger partial charge is 0.343 e. The van der Waals surface area contributed by atoms with Crippen LogP contribution in [-0.4, -0.2) is 16.7 Å². The number of nitrogens with one attached hydrogen (secondary N) is 1. The van der Waals surface area contributed by atoms with Crippen LogP contribution < -0.4 is 0 Å². The molecule has 0 aliphatic rings. The Morgan fingerprint density at radius 3 is 2.68 bits per heavy atom. The predicted octanol–water partition coefficient (Wildman–Crippen LogP) is 5.72. The lowest BCUT2D eigenvalue weighted by molar-refractivity contribution is -0.121. The standard InChI is InChI=1S/C23H22ClNO3/c1-15(2)22(26)14-19(10-9-16-5-3-4-6-20(16)24)28-23(27)18-8-7-17-11-12-25-21(17)13-18/h3-8,10-13,15,25H,9,14H2,1-2H3. The highest BCUT2D eigenvalue weighted by Crippen LogP contribution is 2.20. The third-order valence-corrected chi connectivity index (χ3v) is 4.88. The Hall–Kier alpha value is -2.85. The topological polar surface area (TPSA) is 59.2 Å². The third-order valence-electron chi connectivity index (χ3n) is 4.51. The Labute approximate surface area is 169 Å². The van der Waals surface area contributed by atoms with Crippen molar-refractivity contribution in [1.82, 2.24) is 4.98 Å². The van der Waals surface area contributed by atoms with Gasteiger partial charge in [0.15, 0.2) is 0 Å². The molecule has 0 saturated carbocycles. The predicted molar refractivity (Wildman–Crippen MR) is 111 cm³/mol. The number of aromatic nitrogens is 1. The van der Waals surface area contributed by atoms with Gasteiger partial charge in [0.05, 0.1) is 12.0 Å². The van der Waals surface area contributed by atoms with Crippen molar-refractivity contribution in [1.29, 1.82) is 0 Å². The van der Waals surface area contributed by atoms with Crippen molar-refractivity contribution in [2.75, 3.05) is 0 Å². The van der Waals surface area contributed by atoms with Gasteiger partial charge in [-0.3, -0.25) is 4.79 Å². The molecule has 0 unspecified atom stereocenters. The Balaban J connectivity index is 1.81. The molecule has 1 N–H and O–H groups in total. The lowest BCUT2D eigenvalue weighted by atomic mass is 10.0. The number of fused-ring (bicyclic) bond motifs is 1. The Morgan fingerprint density at radius 2 is 1.93 bits per heavy atom. The van der Waals surface area contributed by atoms with Gasteiger partial charge in [-0.15, -0.1) is 0 Å². The lowest BCUT2D eigenvalue weighted by Gasteiger charge is -2.11. The molecule has 5 heteroatoms. The van der Waals surface area contributed by atoms with Crippen molar-refractivity contribution in [2.24, 2.45) is 5.92 Å². The van der Waals surface area contributed by atoms with Crippen LogP contribution in [0.5, 0.6) is 0 Å². The number of hydrogen-bond donors (Lipinski definition) is 1. The molecule has 0 amide bonds. The van der Waals surface area contributed by atoms with Gasteiger partial charge in [-0.05, 0) is 47.7 Å². The summed E-state index contributed by atoms with van der Waals surface area (Å²) in [4.78, 5) is 27.9. The van der Waals surface area contributed by atoms with Crippen LogP contribution in [0.3, 0.4) is 0 Å². The average molecular weight is 396 g/mol. The minimum Gasteiger partial charge on any atom is -0.427 e. The summed E-state index contributed by atoms with van der Waals surface area (Å²) in [5.74, 6) is -0.274. The van der Waals surface area contributed by atoms with E-state index in [4.69, 9.17) is 16.3 Å². The summed E-state index contributed by atoms with van der Waals surface area (Å²) < 4.78 is 5.59. The molecule has 3 aromatic rings. The van der Waals surface area contributed by atoms with Gasteiger partial charge in [0.2, 0.25) is 0 Å². The van der Waals surface area contributed by atoms with Crippen LogP contribution in [0.4, 0.5) is 0 Å². The van der Waals surface area contributed by atoms with Gasteiger partial charge in [0.1, 0.15) is 11.5 Å². The minimum absolute atomic E-state index is 0.0121. The monoisotopic (exact) mass is 395 g/mol. The number of carbonyl (C=O) groups is 2. The zero-order chi connectivity index (χ0) is 20.1. The lowest BCUT2D eigenvalue weighted by Crippen LogP contribution is -2.12. The SMILES string of the molecule is CC(C)C(=O)CC(=CCc1ccccc1Cl)OC(=O)c1ccc2cc[nH]c2c1. The number of allylic oxidation sites excluding steroid dienone is 2. The van der Waals surface area contributed by atoms with E-state index in [9.17, 15) is 9.59 Å². The van der Waals surface area contributed by atoms with Crippen molar-refractivity contribution < 1.29 is 14.3 Å². The fourth-order valence-electron chi connectivity index (χ4n) is 2.77. The van der Waals surface area contributed by atoms with E-state index in [0.717, 1.165) is 16.5 Å². The van der Waals surface area contributed by atoms with E-state index < -0.39 is 5.97 Å².